The zero-order valence-corrected chi connectivity index (χ0v) is 10.4. The Labute approximate surface area is 104 Å². The molecule has 0 saturated heterocycles. The van der Waals surface area contributed by atoms with Crippen molar-refractivity contribution in [1.82, 2.24) is 0 Å². The molecular weight excluding hydrogens is 244 g/mol. The highest BCUT2D eigenvalue weighted by molar-refractivity contribution is 6.30. The van der Waals surface area contributed by atoms with Crippen LogP contribution in [0.4, 0.5) is 0 Å². The molecule has 0 aliphatic rings. The molecule has 0 saturated carbocycles. The maximum absolute atomic E-state index is 11.6. The monoisotopic (exact) mass is 256 g/mol. The minimum atomic E-state index is -0.241. The largest absolute Gasteiger partial charge is 0.496 e. The summed E-state index contributed by atoms with van der Waals surface area (Å²) in [6, 6.07) is 4.61. The van der Waals surface area contributed by atoms with Crippen molar-refractivity contribution in [1.29, 1.82) is 0 Å². The molecule has 0 aliphatic heterocycles. The Morgan fingerprint density at radius 3 is 2.47 bits per heavy atom. The number of rotatable bonds is 6. The van der Waals surface area contributed by atoms with Crippen molar-refractivity contribution in [2.75, 3.05) is 26.7 Å². The Balaban J connectivity index is 3.08. The first-order chi connectivity index (χ1) is 8.13. The summed E-state index contributed by atoms with van der Waals surface area (Å²) in [5.74, 6) is -0.190. The summed E-state index contributed by atoms with van der Waals surface area (Å²) < 4.78 is 9.82. The van der Waals surface area contributed by atoms with Gasteiger partial charge in [-0.1, -0.05) is 6.07 Å². The molecule has 1 aromatic carbocycles. The normalized spacial score (nSPS) is 10.1. The fourth-order valence-corrected chi connectivity index (χ4v) is 1.53. The number of hydrogen-bond donors (Lipinski definition) is 0. The second-order valence-corrected chi connectivity index (χ2v) is 3.60. The molecule has 17 heavy (non-hydrogen) atoms. The van der Waals surface area contributed by atoms with Gasteiger partial charge in [0.25, 0.3) is 0 Å². The molecule has 0 fully saturated rings. The lowest BCUT2D eigenvalue weighted by atomic mass is 10.0. The Morgan fingerprint density at radius 2 is 1.94 bits per heavy atom. The minimum absolute atomic E-state index is 0.00798. The first-order valence-corrected chi connectivity index (χ1v) is 5.46. The van der Waals surface area contributed by atoms with Crippen molar-refractivity contribution >= 4 is 23.2 Å². The molecule has 0 unspecified atom stereocenters. The average Bonchev–Trinajstić information content (AvgIpc) is 2.37. The summed E-state index contributed by atoms with van der Waals surface area (Å²) in [5, 5.41) is 0. The lowest BCUT2D eigenvalue weighted by molar-refractivity contribution is 0.0847. The molecule has 0 aromatic heterocycles. The third-order valence-corrected chi connectivity index (χ3v) is 2.46. The molecule has 92 valence electrons. The van der Waals surface area contributed by atoms with Gasteiger partial charge in [0, 0.05) is 12.7 Å². The zero-order valence-electron chi connectivity index (χ0n) is 9.66. The van der Waals surface area contributed by atoms with Crippen LogP contribution in [0, 0.1) is 0 Å². The molecule has 0 atom stereocenters. The number of Topliss-reactive ketones (excluding diaryl/α,β-unsaturated/α-hetero) is 2. The number of ketones is 2. The van der Waals surface area contributed by atoms with E-state index < -0.39 is 0 Å². The average molecular weight is 257 g/mol. The summed E-state index contributed by atoms with van der Waals surface area (Å²) in [7, 11) is 2.88. The number of benzene rings is 1. The van der Waals surface area contributed by atoms with E-state index in [4.69, 9.17) is 21.1 Å². The van der Waals surface area contributed by atoms with Crippen LogP contribution in [0.3, 0.4) is 0 Å². The van der Waals surface area contributed by atoms with Crippen LogP contribution in [0.15, 0.2) is 18.2 Å². The Bertz CT molecular complexity index is 429. The third-order valence-electron chi connectivity index (χ3n) is 2.22. The van der Waals surface area contributed by atoms with Gasteiger partial charge in [0.15, 0.2) is 11.6 Å². The summed E-state index contributed by atoms with van der Waals surface area (Å²) in [6.45, 7) is -0.00798. The summed E-state index contributed by atoms with van der Waals surface area (Å²) in [4.78, 5) is 23.1. The fourth-order valence-electron chi connectivity index (χ4n) is 1.38. The molecule has 4 nitrogen and oxygen atoms in total. The van der Waals surface area contributed by atoms with Gasteiger partial charge < -0.3 is 9.47 Å². The topological polar surface area (TPSA) is 52.6 Å². The van der Waals surface area contributed by atoms with Crippen molar-refractivity contribution in [3.05, 3.63) is 29.3 Å². The quantitative estimate of drug-likeness (QED) is 0.577. The van der Waals surface area contributed by atoms with Gasteiger partial charge in [0.1, 0.15) is 12.4 Å². The number of carbonyl (C=O) groups excluding carboxylic acids is 2. The molecule has 0 heterocycles. The van der Waals surface area contributed by atoms with E-state index in [2.05, 4.69) is 0 Å². The molecule has 0 amide bonds. The van der Waals surface area contributed by atoms with Gasteiger partial charge in [-0.25, -0.2) is 0 Å². The van der Waals surface area contributed by atoms with E-state index in [-0.39, 0.29) is 24.1 Å². The summed E-state index contributed by atoms with van der Waals surface area (Å²) in [5.41, 5.74) is 0.811. The van der Waals surface area contributed by atoms with Crippen LogP contribution in [0.5, 0.6) is 5.75 Å². The van der Waals surface area contributed by atoms with Gasteiger partial charge in [0.2, 0.25) is 0 Å². The van der Waals surface area contributed by atoms with E-state index in [0.717, 1.165) is 0 Å². The molecule has 1 rings (SSSR count). The van der Waals surface area contributed by atoms with Crippen LogP contribution in [0.2, 0.25) is 0 Å². The van der Waals surface area contributed by atoms with Crippen molar-refractivity contribution in [2.24, 2.45) is 0 Å². The Hall–Kier alpha value is -1.39. The van der Waals surface area contributed by atoms with Gasteiger partial charge in [-0.15, -0.1) is 11.6 Å². The maximum atomic E-state index is 11.6. The summed E-state index contributed by atoms with van der Waals surface area (Å²) >= 11 is 5.48. The van der Waals surface area contributed by atoms with E-state index in [1.54, 1.807) is 6.07 Å². The highest BCUT2D eigenvalue weighted by Crippen LogP contribution is 2.21. The lowest BCUT2D eigenvalue weighted by Gasteiger charge is -2.08. The molecule has 0 radical (unpaired) electrons. The number of methoxy groups -OCH3 is 2. The van der Waals surface area contributed by atoms with Gasteiger partial charge in [-0.2, -0.15) is 0 Å². The number of hydrogen-bond acceptors (Lipinski definition) is 4. The molecule has 0 aliphatic carbocycles. The number of ether oxygens (including phenoxy) is 2. The van der Waals surface area contributed by atoms with E-state index in [1.807, 2.05) is 0 Å². The first-order valence-electron chi connectivity index (χ1n) is 4.93. The van der Waals surface area contributed by atoms with Crippen molar-refractivity contribution in [2.45, 2.75) is 0 Å². The number of alkyl halides is 1. The first kappa shape index (κ1) is 13.7. The Morgan fingerprint density at radius 1 is 1.24 bits per heavy atom. The molecule has 1 aromatic rings. The van der Waals surface area contributed by atoms with Crippen LogP contribution in [-0.4, -0.2) is 38.3 Å². The summed E-state index contributed by atoms with van der Waals surface area (Å²) in [6.07, 6.45) is 0. The second-order valence-electron chi connectivity index (χ2n) is 3.33. The van der Waals surface area contributed by atoms with Gasteiger partial charge >= 0.3 is 0 Å². The highest BCUT2D eigenvalue weighted by Gasteiger charge is 2.14. The predicted molar refractivity (Wildman–Crippen MR) is 64.3 cm³/mol. The van der Waals surface area contributed by atoms with Crippen molar-refractivity contribution < 1.29 is 19.1 Å². The lowest BCUT2D eigenvalue weighted by Crippen LogP contribution is -2.09. The number of halogens is 1. The molecule has 5 heteroatoms. The third kappa shape index (κ3) is 3.28. The van der Waals surface area contributed by atoms with Crippen LogP contribution >= 0.6 is 11.6 Å². The van der Waals surface area contributed by atoms with Crippen LogP contribution in [0.25, 0.3) is 0 Å². The smallest absolute Gasteiger partial charge is 0.188 e. The Kier molecular flexibility index (Phi) is 5.12. The van der Waals surface area contributed by atoms with E-state index in [0.29, 0.717) is 16.9 Å². The van der Waals surface area contributed by atoms with Crippen LogP contribution < -0.4 is 4.74 Å². The zero-order chi connectivity index (χ0) is 12.8. The maximum Gasteiger partial charge on any atom is 0.188 e. The molecular formula is C12H13ClO4. The highest BCUT2D eigenvalue weighted by atomic mass is 35.5. The SMILES string of the molecule is COCC(=O)c1ccc(C(=O)CCl)c(OC)c1. The molecule has 0 spiro atoms. The molecule has 0 bridgehead atoms. The van der Waals surface area contributed by atoms with E-state index in [9.17, 15) is 9.59 Å². The van der Waals surface area contributed by atoms with E-state index in [1.165, 1.54) is 26.4 Å². The van der Waals surface area contributed by atoms with Crippen molar-refractivity contribution in [3.63, 3.8) is 0 Å². The minimum Gasteiger partial charge on any atom is -0.496 e. The van der Waals surface area contributed by atoms with Gasteiger partial charge in [-0.05, 0) is 12.1 Å². The standard InChI is InChI=1S/C12H13ClO4/c1-16-7-11(15)8-3-4-9(10(14)6-13)12(5-8)17-2/h3-5H,6-7H2,1-2H3. The van der Waals surface area contributed by atoms with Crippen LogP contribution in [-0.2, 0) is 4.74 Å². The van der Waals surface area contributed by atoms with Crippen molar-refractivity contribution in [3.8, 4) is 5.75 Å². The number of carbonyl (C=O) groups is 2. The van der Waals surface area contributed by atoms with Gasteiger partial charge in [0.05, 0.1) is 18.6 Å². The fraction of sp³-hybridized carbons (Fsp3) is 0.333. The predicted octanol–water partition coefficient (Wildman–Crippen LogP) is 1.95. The molecule has 0 N–H and O–H groups in total. The van der Waals surface area contributed by atoms with Crippen LogP contribution in [0.1, 0.15) is 20.7 Å². The second kappa shape index (κ2) is 6.37. The van der Waals surface area contributed by atoms with Gasteiger partial charge in [-0.3, -0.25) is 9.59 Å². The van der Waals surface area contributed by atoms with E-state index >= 15 is 0 Å².